The number of ether oxygens (including phenoxy) is 4. The Morgan fingerprint density at radius 3 is 2.11 bits per heavy atom. The molecule has 0 saturated carbocycles. The summed E-state index contributed by atoms with van der Waals surface area (Å²) in [5, 5.41) is 0.342. The lowest BCUT2D eigenvalue weighted by molar-refractivity contribution is -0.137. The standard InChI is InChI=1S/C31H31ClO6/c1-3-30(33)37-21-7-5-4-6-20-36-27-17-13-25(14-18-27)31(34)38-29-19-12-24(22-28(29)32)9-8-23-10-15-26(35-2)16-11-23/h3,8-19,22H,1,4-7,20-21H2,2H3. The number of hydrogen-bond donors (Lipinski definition) is 0. The van der Waals surface area contributed by atoms with Crippen LogP contribution in [0.15, 0.2) is 79.4 Å². The molecule has 0 bridgehead atoms. The van der Waals surface area contributed by atoms with Crippen LogP contribution in [0.3, 0.4) is 0 Å². The maximum Gasteiger partial charge on any atom is 0.343 e. The van der Waals surface area contributed by atoms with Crippen LogP contribution >= 0.6 is 11.6 Å². The van der Waals surface area contributed by atoms with Gasteiger partial charge in [-0.05, 0) is 85.3 Å². The van der Waals surface area contributed by atoms with Crippen molar-refractivity contribution >= 4 is 35.7 Å². The van der Waals surface area contributed by atoms with Gasteiger partial charge in [0.25, 0.3) is 0 Å². The summed E-state index contributed by atoms with van der Waals surface area (Å²) in [7, 11) is 1.63. The van der Waals surface area contributed by atoms with Crippen LogP contribution in [0.1, 0.15) is 47.2 Å². The number of benzene rings is 3. The second-order valence-electron chi connectivity index (χ2n) is 8.34. The molecule has 6 nitrogen and oxygen atoms in total. The minimum Gasteiger partial charge on any atom is -0.497 e. The fourth-order valence-corrected chi connectivity index (χ4v) is 3.66. The number of carbonyl (C=O) groups is 2. The van der Waals surface area contributed by atoms with Gasteiger partial charge in [0.15, 0.2) is 0 Å². The number of halogens is 1. The molecule has 0 saturated heterocycles. The van der Waals surface area contributed by atoms with Gasteiger partial charge >= 0.3 is 11.9 Å². The number of methoxy groups -OCH3 is 1. The van der Waals surface area contributed by atoms with Crippen LogP contribution in [-0.4, -0.2) is 32.3 Å². The smallest absolute Gasteiger partial charge is 0.343 e. The molecule has 7 heteroatoms. The van der Waals surface area contributed by atoms with E-state index in [0.717, 1.165) is 48.6 Å². The van der Waals surface area contributed by atoms with E-state index in [0.29, 0.717) is 29.5 Å². The SMILES string of the molecule is C=CC(=O)OCCCCCCOc1ccc(C(=O)Oc2ccc(C=Cc3ccc(OC)cc3)cc2Cl)cc1. The molecule has 0 aliphatic rings. The molecule has 0 radical (unpaired) electrons. The molecule has 0 aromatic heterocycles. The number of carbonyl (C=O) groups excluding carboxylic acids is 2. The highest BCUT2D eigenvalue weighted by atomic mass is 35.5. The summed E-state index contributed by atoms with van der Waals surface area (Å²) >= 11 is 6.37. The highest BCUT2D eigenvalue weighted by Crippen LogP contribution is 2.27. The average Bonchev–Trinajstić information content (AvgIpc) is 2.95. The van der Waals surface area contributed by atoms with Gasteiger partial charge in [-0.2, -0.15) is 0 Å². The largest absolute Gasteiger partial charge is 0.497 e. The molecule has 198 valence electrons. The van der Waals surface area contributed by atoms with E-state index in [-0.39, 0.29) is 5.75 Å². The van der Waals surface area contributed by atoms with Crippen LogP contribution in [-0.2, 0) is 9.53 Å². The minimum absolute atomic E-state index is 0.290. The van der Waals surface area contributed by atoms with E-state index < -0.39 is 11.9 Å². The first-order valence-electron chi connectivity index (χ1n) is 12.3. The van der Waals surface area contributed by atoms with Crippen LogP contribution in [0.5, 0.6) is 17.2 Å². The number of esters is 2. The van der Waals surface area contributed by atoms with Crippen molar-refractivity contribution in [2.45, 2.75) is 25.7 Å². The van der Waals surface area contributed by atoms with E-state index in [1.54, 1.807) is 43.5 Å². The van der Waals surface area contributed by atoms with Crippen LogP contribution in [0.2, 0.25) is 5.02 Å². The van der Waals surface area contributed by atoms with Gasteiger partial charge in [-0.1, -0.05) is 48.5 Å². The molecular weight excluding hydrogens is 504 g/mol. The van der Waals surface area contributed by atoms with Gasteiger partial charge in [-0.25, -0.2) is 9.59 Å². The summed E-state index contributed by atoms with van der Waals surface area (Å²) in [5.41, 5.74) is 2.29. The monoisotopic (exact) mass is 534 g/mol. The summed E-state index contributed by atoms with van der Waals surface area (Å²) in [6, 6.07) is 19.7. The number of unbranched alkanes of at least 4 members (excludes halogenated alkanes) is 3. The van der Waals surface area contributed by atoms with E-state index >= 15 is 0 Å². The Balaban J connectivity index is 1.42. The predicted molar refractivity (Wildman–Crippen MR) is 150 cm³/mol. The summed E-state index contributed by atoms with van der Waals surface area (Å²) < 4.78 is 21.3. The molecule has 3 rings (SSSR count). The fourth-order valence-electron chi connectivity index (χ4n) is 3.44. The van der Waals surface area contributed by atoms with Gasteiger partial charge < -0.3 is 18.9 Å². The average molecular weight is 535 g/mol. The molecule has 0 fully saturated rings. The van der Waals surface area contributed by atoms with Gasteiger partial charge in [0, 0.05) is 6.08 Å². The normalized spacial score (nSPS) is 10.7. The van der Waals surface area contributed by atoms with Gasteiger partial charge in [0.1, 0.15) is 17.2 Å². The lowest BCUT2D eigenvalue weighted by atomic mass is 10.1. The lowest BCUT2D eigenvalue weighted by Crippen LogP contribution is -2.09. The van der Waals surface area contributed by atoms with Crippen molar-refractivity contribution in [3.05, 3.63) is 101 Å². The second-order valence-corrected chi connectivity index (χ2v) is 8.75. The third kappa shape index (κ3) is 9.45. The highest BCUT2D eigenvalue weighted by Gasteiger charge is 2.12. The Morgan fingerprint density at radius 1 is 0.816 bits per heavy atom. The molecule has 0 N–H and O–H groups in total. The molecule has 38 heavy (non-hydrogen) atoms. The molecule has 0 atom stereocenters. The Hall–Kier alpha value is -4.03. The molecule has 3 aromatic rings. The molecule has 3 aromatic carbocycles. The van der Waals surface area contributed by atoms with Gasteiger partial charge in [-0.3, -0.25) is 0 Å². The van der Waals surface area contributed by atoms with E-state index in [9.17, 15) is 9.59 Å². The quantitative estimate of drug-likeness (QED) is 0.0705. The summed E-state index contributed by atoms with van der Waals surface area (Å²) in [6.45, 7) is 4.32. The Bertz CT molecular complexity index is 1230. The first-order chi connectivity index (χ1) is 18.5. The van der Waals surface area contributed by atoms with Crippen molar-refractivity contribution < 1.29 is 28.5 Å². The lowest BCUT2D eigenvalue weighted by Gasteiger charge is -2.09. The first kappa shape index (κ1) is 28.5. The number of rotatable bonds is 14. The fraction of sp³-hybridized carbons (Fsp3) is 0.226. The molecule has 0 heterocycles. The van der Waals surface area contributed by atoms with Crippen molar-refractivity contribution in [3.8, 4) is 17.2 Å². The van der Waals surface area contributed by atoms with Crippen LogP contribution in [0.4, 0.5) is 0 Å². The van der Waals surface area contributed by atoms with Gasteiger partial charge in [0.2, 0.25) is 0 Å². The molecule has 0 amide bonds. The predicted octanol–water partition coefficient (Wildman–Crippen LogP) is 7.41. The van der Waals surface area contributed by atoms with E-state index in [4.69, 9.17) is 30.5 Å². The maximum atomic E-state index is 12.6. The summed E-state index contributed by atoms with van der Waals surface area (Å²) in [5.74, 6) is 0.866. The van der Waals surface area contributed by atoms with Gasteiger partial charge in [-0.15, -0.1) is 0 Å². The summed E-state index contributed by atoms with van der Waals surface area (Å²) in [4.78, 5) is 23.6. The third-order valence-electron chi connectivity index (χ3n) is 5.55. The zero-order chi connectivity index (χ0) is 27.2. The zero-order valence-electron chi connectivity index (χ0n) is 21.4. The minimum atomic E-state index is -0.503. The van der Waals surface area contributed by atoms with Crippen molar-refractivity contribution in [2.75, 3.05) is 20.3 Å². The molecular formula is C31H31ClO6. The van der Waals surface area contributed by atoms with Crippen molar-refractivity contribution in [1.29, 1.82) is 0 Å². The molecule has 0 unspecified atom stereocenters. The Kier molecular flexibility index (Phi) is 11.5. The Labute approximate surface area is 228 Å². The molecule has 0 spiro atoms. The van der Waals surface area contributed by atoms with Gasteiger partial charge in [0.05, 0.1) is 30.9 Å². The van der Waals surface area contributed by atoms with Crippen LogP contribution in [0.25, 0.3) is 12.2 Å². The Morgan fingerprint density at radius 2 is 1.45 bits per heavy atom. The number of hydrogen-bond acceptors (Lipinski definition) is 6. The van der Waals surface area contributed by atoms with Crippen molar-refractivity contribution in [3.63, 3.8) is 0 Å². The van der Waals surface area contributed by atoms with Crippen molar-refractivity contribution in [1.82, 2.24) is 0 Å². The summed E-state index contributed by atoms with van der Waals surface area (Å²) in [6.07, 6.45) is 8.65. The zero-order valence-corrected chi connectivity index (χ0v) is 22.1. The molecule has 0 aliphatic heterocycles. The first-order valence-corrected chi connectivity index (χ1v) is 12.7. The third-order valence-corrected chi connectivity index (χ3v) is 5.85. The van der Waals surface area contributed by atoms with E-state index in [1.165, 1.54) is 0 Å². The maximum absolute atomic E-state index is 12.6. The van der Waals surface area contributed by atoms with Crippen LogP contribution < -0.4 is 14.2 Å². The van der Waals surface area contributed by atoms with Crippen LogP contribution in [0, 0.1) is 0 Å². The topological polar surface area (TPSA) is 71.1 Å². The van der Waals surface area contributed by atoms with Crippen molar-refractivity contribution in [2.24, 2.45) is 0 Å². The second kappa shape index (κ2) is 15.3. The van der Waals surface area contributed by atoms with E-state index in [2.05, 4.69) is 6.58 Å². The molecule has 0 aliphatic carbocycles. The van der Waals surface area contributed by atoms with E-state index in [1.807, 2.05) is 42.5 Å². The highest BCUT2D eigenvalue weighted by molar-refractivity contribution is 6.32.